The van der Waals surface area contributed by atoms with Gasteiger partial charge in [-0.3, -0.25) is 5.32 Å². The van der Waals surface area contributed by atoms with Gasteiger partial charge in [0.2, 0.25) is 0 Å². The number of allylic oxidation sites excluding steroid dienone is 2. The predicted molar refractivity (Wildman–Crippen MR) is 79.9 cm³/mol. The van der Waals surface area contributed by atoms with Crippen LogP contribution in [0.3, 0.4) is 0 Å². The van der Waals surface area contributed by atoms with Gasteiger partial charge in [-0.25, -0.2) is 0 Å². The van der Waals surface area contributed by atoms with E-state index >= 15 is 0 Å². The quantitative estimate of drug-likeness (QED) is 0.779. The zero-order chi connectivity index (χ0) is 10.8. The number of rotatable bonds is 2. The molecule has 17 heavy (non-hydrogen) atoms. The first kappa shape index (κ1) is 12.7. The van der Waals surface area contributed by atoms with E-state index in [2.05, 4.69) is 58.6 Å². The van der Waals surface area contributed by atoms with Crippen LogP contribution in [0.25, 0.3) is 0 Å². The van der Waals surface area contributed by atoms with Gasteiger partial charge in [0.15, 0.2) is 0 Å². The Bertz CT molecular complexity index is 409. The van der Waals surface area contributed by atoms with Crippen LogP contribution in [0.4, 0.5) is 0 Å². The molecular formula is C14H18ClNS. The Balaban J connectivity index is 0.00000108. The van der Waals surface area contributed by atoms with Crippen LogP contribution >= 0.6 is 23.3 Å². The molecule has 92 valence electrons. The van der Waals surface area contributed by atoms with E-state index in [1.54, 1.807) is 0 Å². The number of halogens is 1. The summed E-state index contributed by atoms with van der Waals surface area (Å²) in [5.41, 5.74) is 1.45. The molecular weight excluding hydrogens is 250 g/mol. The maximum Gasteiger partial charge on any atom is 0.0790 e. The zero-order valence-electron chi connectivity index (χ0n) is 9.67. The molecule has 0 radical (unpaired) electrons. The fraction of sp³-hybridized carbons (Fsp3) is 0.286. The number of hydrogen-bond donors (Lipinski definition) is 2. The summed E-state index contributed by atoms with van der Waals surface area (Å²) in [5, 5.41) is 8.51. The highest BCUT2D eigenvalue weighted by Gasteiger charge is 2.38. The van der Waals surface area contributed by atoms with Crippen molar-refractivity contribution in [1.82, 2.24) is 5.32 Å². The summed E-state index contributed by atoms with van der Waals surface area (Å²) < 4.78 is 0. The molecule has 0 amide bonds. The van der Waals surface area contributed by atoms with E-state index in [-0.39, 0.29) is 28.2 Å². The van der Waals surface area contributed by atoms with Crippen LogP contribution in [0.5, 0.6) is 0 Å². The molecule has 0 bridgehead atoms. The molecule has 1 atom stereocenters. The molecule has 2 aliphatic rings. The van der Waals surface area contributed by atoms with Gasteiger partial charge in [-0.15, -0.1) is 12.4 Å². The molecule has 2 heterocycles. The lowest BCUT2D eigenvalue weighted by Gasteiger charge is -2.37. The fourth-order valence-corrected chi connectivity index (χ4v) is 4.98. The van der Waals surface area contributed by atoms with Crippen LogP contribution in [0.2, 0.25) is 0 Å². The summed E-state index contributed by atoms with van der Waals surface area (Å²) in [6.07, 6.45) is 6.93. The van der Waals surface area contributed by atoms with Crippen molar-refractivity contribution in [3.63, 3.8) is 0 Å². The van der Waals surface area contributed by atoms with E-state index in [1.807, 2.05) is 0 Å². The first-order valence-corrected chi connectivity index (χ1v) is 7.34. The Labute approximate surface area is 112 Å². The van der Waals surface area contributed by atoms with Gasteiger partial charge in [-0.2, -0.15) is 10.9 Å². The van der Waals surface area contributed by atoms with Crippen LogP contribution in [-0.2, 0) is 4.87 Å². The van der Waals surface area contributed by atoms with E-state index in [9.17, 15) is 0 Å². The van der Waals surface area contributed by atoms with Gasteiger partial charge in [0.05, 0.1) is 4.87 Å². The lowest BCUT2D eigenvalue weighted by Crippen LogP contribution is -2.35. The van der Waals surface area contributed by atoms with Crippen molar-refractivity contribution in [2.24, 2.45) is 0 Å². The van der Waals surface area contributed by atoms with E-state index in [0.717, 1.165) is 6.54 Å². The first-order chi connectivity index (χ1) is 7.92. The van der Waals surface area contributed by atoms with E-state index < -0.39 is 0 Å². The van der Waals surface area contributed by atoms with Gasteiger partial charge < -0.3 is 0 Å². The van der Waals surface area contributed by atoms with Gasteiger partial charge in [-0.05, 0) is 35.8 Å². The second-order valence-corrected chi connectivity index (χ2v) is 6.52. The Morgan fingerprint density at radius 1 is 1.06 bits per heavy atom. The van der Waals surface area contributed by atoms with Gasteiger partial charge >= 0.3 is 0 Å². The summed E-state index contributed by atoms with van der Waals surface area (Å²) in [7, 11) is -0.179. The number of thiol groups is 1. The lowest BCUT2D eigenvalue weighted by atomic mass is 10.1. The zero-order valence-corrected chi connectivity index (χ0v) is 11.4. The van der Waals surface area contributed by atoms with Crippen molar-refractivity contribution in [3.8, 4) is 0 Å². The smallest absolute Gasteiger partial charge is 0.0790 e. The average Bonchev–Trinajstić information content (AvgIpc) is 3.02. The van der Waals surface area contributed by atoms with Crippen molar-refractivity contribution in [2.75, 3.05) is 6.54 Å². The van der Waals surface area contributed by atoms with E-state index in [4.69, 9.17) is 0 Å². The topological polar surface area (TPSA) is 12.0 Å². The summed E-state index contributed by atoms with van der Waals surface area (Å²) in [6.45, 7) is 1.15. The minimum Gasteiger partial charge on any atom is -0.300 e. The second kappa shape index (κ2) is 5.30. The van der Waals surface area contributed by atoms with Crippen molar-refractivity contribution in [1.29, 1.82) is 0 Å². The molecule has 0 aromatic heterocycles. The highest BCUT2D eigenvalue weighted by atomic mass is 35.5. The van der Waals surface area contributed by atoms with Gasteiger partial charge in [0.1, 0.15) is 0 Å². The summed E-state index contributed by atoms with van der Waals surface area (Å²) in [6, 6.07) is 10.9. The highest BCUT2D eigenvalue weighted by molar-refractivity contribution is 8.23. The summed E-state index contributed by atoms with van der Waals surface area (Å²) in [4.78, 5) is 0.208. The molecule has 3 heteroatoms. The standard InChI is InChI=1S/C14H17NS.ClH/c1-2-7-13(8-3-1)14(9-6-10-15-14)16-11-4-5-12-16;/h1-5,7-8,11-12,15-16H,6,9-10H2;1H/t14-;/m0./s1. The van der Waals surface area contributed by atoms with Crippen LogP contribution < -0.4 is 5.32 Å². The molecule has 2 aliphatic heterocycles. The van der Waals surface area contributed by atoms with Crippen molar-refractivity contribution in [3.05, 3.63) is 58.9 Å². The van der Waals surface area contributed by atoms with Crippen molar-refractivity contribution in [2.45, 2.75) is 17.7 Å². The minimum absolute atomic E-state index is 0. The lowest BCUT2D eigenvalue weighted by molar-refractivity contribution is 0.581. The summed E-state index contributed by atoms with van der Waals surface area (Å²) >= 11 is 0. The molecule has 0 unspecified atom stereocenters. The van der Waals surface area contributed by atoms with Crippen molar-refractivity contribution < 1.29 is 0 Å². The highest BCUT2D eigenvalue weighted by Crippen LogP contribution is 2.55. The van der Waals surface area contributed by atoms with E-state index in [1.165, 1.54) is 18.4 Å². The Morgan fingerprint density at radius 2 is 1.76 bits per heavy atom. The largest absolute Gasteiger partial charge is 0.300 e. The molecule has 1 fully saturated rings. The monoisotopic (exact) mass is 267 g/mol. The Hall–Kier alpha value is -0.700. The van der Waals surface area contributed by atoms with Gasteiger partial charge in [-0.1, -0.05) is 42.5 Å². The van der Waals surface area contributed by atoms with E-state index in [0.29, 0.717) is 0 Å². The maximum absolute atomic E-state index is 3.75. The van der Waals surface area contributed by atoms with Crippen LogP contribution in [0.1, 0.15) is 18.4 Å². The van der Waals surface area contributed by atoms with Gasteiger partial charge in [0.25, 0.3) is 0 Å². The predicted octanol–water partition coefficient (Wildman–Crippen LogP) is 3.69. The molecule has 3 rings (SSSR count). The fourth-order valence-electron chi connectivity index (χ4n) is 2.65. The minimum atomic E-state index is -0.179. The third-order valence-corrected chi connectivity index (χ3v) is 5.94. The van der Waals surface area contributed by atoms with Crippen LogP contribution in [0, 0.1) is 0 Å². The molecule has 0 saturated carbocycles. The SMILES string of the molecule is C1=C[SH]([C@]2(c3ccccc3)CCCN2)C=C1.Cl. The number of benzene rings is 1. The molecule has 1 N–H and O–H groups in total. The van der Waals surface area contributed by atoms with Crippen LogP contribution in [-0.4, -0.2) is 6.54 Å². The molecule has 1 nitrogen and oxygen atoms in total. The number of nitrogens with one attached hydrogen (secondary N) is 1. The third kappa shape index (κ3) is 2.17. The van der Waals surface area contributed by atoms with Gasteiger partial charge in [0, 0.05) is 0 Å². The van der Waals surface area contributed by atoms with Crippen LogP contribution in [0.15, 0.2) is 53.3 Å². The second-order valence-electron chi connectivity index (χ2n) is 4.35. The molecule has 1 aromatic rings. The maximum atomic E-state index is 3.75. The Kier molecular flexibility index (Phi) is 3.97. The Morgan fingerprint density at radius 3 is 2.35 bits per heavy atom. The summed E-state index contributed by atoms with van der Waals surface area (Å²) in [5.74, 6) is 0. The average molecular weight is 268 g/mol. The third-order valence-electron chi connectivity index (χ3n) is 3.43. The molecule has 0 spiro atoms. The number of hydrogen-bond acceptors (Lipinski definition) is 1. The van der Waals surface area contributed by atoms with Crippen molar-refractivity contribution >= 4 is 23.3 Å². The molecule has 1 aromatic carbocycles. The molecule has 1 saturated heterocycles. The molecule has 0 aliphatic carbocycles. The first-order valence-electron chi connectivity index (χ1n) is 5.86. The normalized spacial score (nSPS) is 28.4.